The maximum atomic E-state index is 11.3. The molecule has 0 bridgehead atoms. The SMILES string of the molecule is COc1cc(C)cc2c1NC(=O)C2N. The van der Waals surface area contributed by atoms with Crippen LogP contribution in [0.1, 0.15) is 17.2 Å². The predicted molar refractivity (Wildman–Crippen MR) is 53.3 cm³/mol. The number of nitrogens with two attached hydrogens (primary N) is 1. The van der Waals surface area contributed by atoms with Crippen LogP contribution in [0.25, 0.3) is 0 Å². The molecule has 4 heteroatoms. The Labute approximate surface area is 82.1 Å². The van der Waals surface area contributed by atoms with E-state index in [0.29, 0.717) is 11.4 Å². The maximum absolute atomic E-state index is 11.3. The van der Waals surface area contributed by atoms with Gasteiger partial charge in [0.05, 0.1) is 12.8 Å². The predicted octanol–water partition coefficient (Wildman–Crippen LogP) is 0.956. The average molecular weight is 192 g/mol. The van der Waals surface area contributed by atoms with Crippen molar-refractivity contribution in [3.63, 3.8) is 0 Å². The molecule has 1 unspecified atom stereocenters. The fraction of sp³-hybridized carbons (Fsp3) is 0.300. The number of rotatable bonds is 1. The summed E-state index contributed by atoms with van der Waals surface area (Å²) in [6.45, 7) is 1.94. The summed E-state index contributed by atoms with van der Waals surface area (Å²) < 4.78 is 5.16. The van der Waals surface area contributed by atoms with Crippen LogP contribution in [0, 0.1) is 6.92 Å². The van der Waals surface area contributed by atoms with Gasteiger partial charge in [-0.3, -0.25) is 4.79 Å². The second-order valence-corrected chi connectivity index (χ2v) is 3.40. The minimum atomic E-state index is -0.571. The molecule has 0 radical (unpaired) electrons. The van der Waals surface area contributed by atoms with Gasteiger partial charge in [-0.1, -0.05) is 6.07 Å². The van der Waals surface area contributed by atoms with Crippen LogP contribution in [-0.4, -0.2) is 13.0 Å². The van der Waals surface area contributed by atoms with E-state index in [1.54, 1.807) is 7.11 Å². The molecule has 1 aliphatic heterocycles. The van der Waals surface area contributed by atoms with Crippen molar-refractivity contribution in [1.29, 1.82) is 0 Å². The number of carbonyl (C=O) groups excluding carboxylic acids is 1. The van der Waals surface area contributed by atoms with E-state index in [1.165, 1.54) is 0 Å². The molecule has 3 N–H and O–H groups in total. The zero-order chi connectivity index (χ0) is 10.3. The number of anilines is 1. The molecule has 1 aliphatic rings. The third kappa shape index (κ3) is 1.15. The summed E-state index contributed by atoms with van der Waals surface area (Å²) in [5.41, 5.74) is 8.27. The van der Waals surface area contributed by atoms with Crippen LogP contribution < -0.4 is 15.8 Å². The topological polar surface area (TPSA) is 64.3 Å². The maximum Gasteiger partial charge on any atom is 0.246 e. The number of hydrogen-bond acceptors (Lipinski definition) is 3. The Hall–Kier alpha value is -1.55. The zero-order valence-corrected chi connectivity index (χ0v) is 8.13. The van der Waals surface area contributed by atoms with Gasteiger partial charge in [0.25, 0.3) is 0 Å². The highest BCUT2D eigenvalue weighted by Crippen LogP contribution is 2.37. The fourth-order valence-corrected chi connectivity index (χ4v) is 1.66. The summed E-state index contributed by atoms with van der Waals surface area (Å²) >= 11 is 0. The lowest BCUT2D eigenvalue weighted by molar-refractivity contribution is -0.116. The first-order chi connectivity index (χ1) is 6.63. The average Bonchev–Trinajstić information content (AvgIpc) is 2.43. The molecule has 0 fully saturated rings. The Balaban J connectivity index is 2.61. The number of hydrogen-bond donors (Lipinski definition) is 2. The Bertz CT molecular complexity index is 401. The van der Waals surface area contributed by atoms with Gasteiger partial charge in [-0.25, -0.2) is 0 Å². The molecule has 1 aromatic carbocycles. The number of benzene rings is 1. The first kappa shape index (κ1) is 9.02. The van der Waals surface area contributed by atoms with E-state index in [-0.39, 0.29) is 5.91 Å². The van der Waals surface area contributed by atoms with Crippen molar-refractivity contribution in [2.45, 2.75) is 13.0 Å². The quantitative estimate of drug-likeness (QED) is 0.696. The van der Waals surface area contributed by atoms with Gasteiger partial charge in [0.15, 0.2) is 0 Å². The first-order valence-corrected chi connectivity index (χ1v) is 4.38. The van der Waals surface area contributed by atoms with Gasteiger partial charge in [-0.2, -0.15) is 0 Å². The minimum Gasteiger partial charge on any atom is -0.495 e. The largest absolute Gasteiger partial charge is 0.495 e. The number of ether oxygens (including phenoxy) is 1. The second kappa shape index (κ2) is 2.99. The Kier molecular flexibility index (Phi) is 1.93. The van der Waals surface area contributed by atoms with Crippen LogP contribution in [0.2, 0.25) is 0 Å². The summed E-state index contributed by atoms with van der Waals surface area (Å²) in [5, 5.41) is 2.70. The lowest BCUT2D eigenvalue weighted by Gasteiger charge is -2.08. The van der Waals surface area contributed by atoms with Gasteiger partial charge >= 0.3 is 0 Å². The van der Waals surface area contributed by atoms with Crippen LogP contribution in [0.15, 0.2) is 12.1 Å². The van der Waals surface area contributed by atoms with Gasteiger partial charge in [-0.05, 0) is 18.6 Å². The number of nitrogens with one attached hydrogen (secondary N) is 1. The highest BCUT2D eigenvalue weighted by molar-refractivity contribution is 6.04. The Morgan fingerprint density at radius 2 is 2.21 bits per heavy atom. The number of aryl methyl sites for hydroxylation is 1. The highest BCUT2D eigenvalue weighted by atomic mass is 16.5. The summed E-state index contributed by atoms with van der Waals surface area (Å²) in [7, 11) is 1.57. The normalized spacial score (nSPS) is 19.1. The zero-order valence-electron chi connectivity index (χ0n) is 8.13. The van der Waals surface area contributed by atoms with Gasteiger partial charge in [0.2, 0.25) is 5.91 Å². The summed E-state index contributed by atoms with van der Waals surface area (Å²) in [5.74, 6) is 0.491. The molecule has 2 rings (SSSR count). The van der Waals surface area contributed by atoms with Crippen molar-refractivity contribution in [2.24, 2.45) is 5.73 Å². The number of methoxy groups -OCH3 is 1. The highest BCUT2D eigenvalue weighted by Gasteiger charge is 2.29. The lowest BCUT2D eigenvalue weighted by Crippen LogP contribution is -2.19. The van der Waals surface area contributed by atoms with E-state index >= 15 is 0 Å². The van der Waals surface area contributed by atoms with Crippen LogP contribution in [0.4, 0.5) is 5.69 Å². The molecule has 0 saturated carbocycles. The van der Waals surface area contributed by atoms with E-state index in [0.717, 1.165) is 11.1 Å². The Morgan fingerprint density at radius 1 is 1.50 bits per heavy atom. The van der Waals surface area contributed by atoms with Crippen LogP contribution in [0.3, 0.4) is 0 Å². The molecule has 0 spiro atoms. The van der Waals surface area contributed by atoms with E-state index in [4.69, 9.17) is 10.5 Å². The van der Waals surface area contributed by atoms with E-state index < -0.39 is 6.04 Å². The molecule has 0 aliphatic carbocycles. The molecule has 4 nitrogen and oxygen atoms in total. The second-order valence-electron chi connectivity index (χ2n) is 3.40. The van der Waals surface area contributed by atoms with E-state index in [1.807, 2.05) is 19.1 Å². The molecular formula is C10H12N2O2. The van der Waals surface area contributed by atoms with Crippen molar-refractivity contribution in [1.82, 2.24) is 0 Å². The molecular weight excluding hydrogens is 180 g/mol. The molecule has 1 aromatic rings. The van der Waals surface area contributed by atoms with Gasteiger partial charge in [0.1, 0.15) is 11.8 Å². The van der Waals surface area contributed by atoms with Crippen molar-refractivity contribution in [3.05, 3.63) is 23.3 Å². The van der Waals surface area contributed by atoms with Crippen LogP contribution in [0.5, 0.6) is 5.75 Å². The van der Waals surface area contributed by atoms with Crippen molar-refractivity contribution >= 4 is 11.6 Å². The molecule has 1 amide bonds. The van der Waals surface area contributed by atoms with Crippen molar-refractivity contribution in [2.75, 3.05) is 12.4 Å². The van der Waals surface area contributed by atoms with Crippen LogP contribution in [-0.2, 0) is 4.79 Å². The summed E-state index contributed by atoms with van der Waals surface area (Å²) in [6, 6.07) is 3.20. The van der Waals surface area contributed by atoms with E-state index in [9.17, 15) is 4.79 Å². The molecule has 1 atom stereocenters. The standard InChI is InChI=1S/C10H12N2O2/c1-5-3-6-8(11)10(13)12-9(6)7(4-5)14-2/h3-4,8H,11H2,1-2H3,(H,12,13). The molecule has 74 valence electrons. The first-order valence-electron chi connectivity index (χ1n) is 4.38. The summed E-state index contributed by atoms with van der Waals surface area (Å²) in [6.07, 6.45) is 0. The third-order valence-electron chi connectivity index (χ3n) is 2.36. The number of amides is 1. The van der Waals surface area contributed by atoms with Crippen LogP contribution >= 0.6 is 0 Å². The third-order valence-corrected chi connectivity index (χ3v) is 2.36. The van der Waals surface area contributed by atoms with Gasteiger partial charge < -0.3 is 15.8 Å². The van der Waals surface area contributed by atoms with Crippen molar-refractivity contribution in [3.8, 4) is 5.75 Å². The lowest BCUT2D eigenvalue weighted by atomic mass is 10.1. The Morgan fingerprint density at radius 3 is 2.86 bits per heavy atom. The van der Waals surface area contributed by atoms with E-state index in [2.05, 4.69) is 5.32 Å². The summed E-state index contributed by atoms with van der Waals surface area (Å²) in [4.78, 5) is 11.3. The van der Waals surface area contributed by atoms with Gasteiger partial charge in [0, 0.05) is 5.56 Å². The fourth-order valence-electron chi connectivity index (χ4n) is 1.66. The number of carbonyl (C=O) groups is 1. The molecule has 14 heavy (non-hydrogen) atoms. The monoisotopic (exact) mass is 192 g/mol. The van der Waals surface area contributed by atoms with Gasteiger partial charge in [-0.15, -0.1) is 0 Å². The van der Waals surface area contributed by atoms with Crippen molar-refractivity contribution < 1.29 is 9.53 Å². The number of fused-ring (bicyclic) bond motifs is 1. The molecule has 1 heterocycles. The molecule has 0 saturated heterocycles. The minimum absolute atomic E-state index is 0.177. The molecule has 0 aromatic heterocycles. The smallest absolute Gasteiger partial charge is 0.246 e.